The van der Waals surface area contributed by atoms with E-state index in [0.29, 0.717) is 21.9 Å². The molecule has 148 valence electrons. The van der Waals surface area contributed by atoms with Crippen molar-refractivity contribution < 1.29 is 22.9 Å². The third-order valence-electron chi connectivity index (χ3n) is 5.06. The van der Waals surface area contributed by atoms with Crippen LogP contribution in [0.3, 0.4) is 0 Å². The van der Waals surface area contributed by atoms with Gasteiger partial charge in [0, 0.05) is 16.3 Å². The van der Waals surface area contributed by atoms with Crippen LogP contribution < -0.4 is 15.3 Å². The van der Waals surface area contributed by atoms with E-state index in [2.05, 4.69) is 0 Å². The largest absolute Gasteiger partial charge is 0.469 e. The van der Waals surface area contributed by atoms with E-state index in [0.717, 1.165) is 0 Å². The quantitative estimate of drug-likeness (QED) is 0.472. The number of benzene rings is 3. The summed E-state index contributed by atoms with van der Waals surface area (Å²) in [5.41, 5.74) is 1.08. The van der Waals surface area contributed by atoms with Crippen LogP contribution >= 0.6 is 7.29 Å². The Morgan fingerprint density at radius 2 is 1.66 bits per heavy atom. The van der Waals surface area contributed by atoms with Gasteiger partial charge < -0.3 is 9.41 Å². The fraction of sp³-hybridized carbons (Fsp3) is 0.136. The number of rotatable bonds is 4. The summed E-state index contributed by atoms with van der Waals surface area (Å²) in [6.07, 6.45) is -0.104. The van der Waals surface area contributed by atoms with Crippen LogP contribution in [0, 0.1) is 11.6 Å². The Kier molecular flexibility index (Phi) is 4.97. The molecule has 7 heteroatoms. The molecule has 0 amide bonds. The van der Waals surface area contributed by atoms with Gasteiger partial charge in [-0.2, -0.15) is 0 Å². The van der Waals surface area contributed by atoms with Crippen molar-refractivity contribution in [3.63, 3.8) is 0 Å². The molecule has 0 aliphatic carbocycles. The number of para-hydroxylation sites is 1. The lowest BCUT2D eigenvalue weighted by Gasteiger charge is -2.32. The molecule has 0 radical (unpaired) electrons. The molecule has 0 aromatic heterocycles. The van der Waals surface area contributed by atoms with E-state index in [-0.39, 0.29) is 6.42 Å². The van der Waals surface area contributed by atoms with Crippen LogP contribution in [0.15, 0.2) is 72.8 Å². The van der Waals surface area contributed by atoms with Gasteiger partial charge in [-0.05, 0) is 60.2 Å². The van der Waals surface area contributed by atoms with Gasteiger partial charge in [-0.3, -0.25) is 9.36 Å². The van der Waals surface area contributed by atoms with Gasteiger partial charge >= 0.3 is 5.97 Å². The first kappa shape index (κ1) is 19.3. The molecule has 0 bridgehead atoms. The van der Waals surface area contributed by atoms with Gasteiger partial charge in [0.05, 0.1) is 19.6 Å². The first-order valence-electron chi connectivity index (χ1n) is 9.03. The van der Waals surface area contributed by atoms with E-state index in [1.807, 2.05) is 6.07 Å². The van der Waals surface area contributed by atoms with Crippen molar-refractivity contribution in [2.75, 3.05) is 11.8 Å². The van der Waals surface area contributed by atoms with Gasteiger partial charge in [0.1, 0.15) is 11.6 Å². The zero-order valence-corrected chi connectivity index (χ0v) is 16.5. The Hall–Kier alpha value is -2.98. The minimum atomic E-state index is -3.51. The number of halogens is 2. The van der Waals surface area contributed by atoms with Crippen LogP contribution in [0.5, 0.6) is 0 Å². The van der Waals surface area contributed by atoms with Crippen molar-refractivity contribution in [1.29, 1.82) is 0 Å². The summed E-state index contributed by atoms with van der Waals surface area (Å²) >= 11 is 0. The molecule has 3 aromatic carbocycles. The van der Waals surface area contributed by atoms with Gasteiger partial charge in [-0.25, -0.2) is 8.78 Å². The van der Waals surface area contributed by atoms with Crippen LogP contribution in [-0.4, -0.2) is 13.1 Å². The third kappa shape index (κ3) is 3.23. The zero-order chi connectivity index (χ0) is 20.6. The van der Waals surface area contributed by atoms with E-state index >= 15 is 0 Å². The predicted octanol–water partition coefficient (Wildman–Crippen LogP) is 4.32. The van der Waals surface area contributed by atoms with E-state index < -0.39 is 30.9 Å². The zero-order valence-electron chi connectivity index (χ0n) is 15.6. The lowest BCUT2D eigenvalue weighted by Crippen LogP contribution is -2.28. The van der Waals surface area contributed by atoms with Crippen molar-refractivity contribution in [1.82, 2.24) is 0 Å². The van der Waals surface area contributed by atoms with Crippen LogP contribution in [0.2, 0.25) is 0 Å². The fourth-order valence-electron chi connectivity index (χ4n) is 3.78. The molecule has 0 spiro atoms. The number of nitrogens with zero attached hydrogens (tertiary/aromatic N) is 1. The molecule has 4 nitrogen and oxygen atoms in total. The van der Waals surface area contributed by atoms with E-state index in [1.165, 1.54) is 49.6 Å². The summed E-state index contributed by atoms with van der Waals surface area (Å²) in [5, 5.41) is 0.839. The maximum Gasteiger partial charge on any atom is 0.307 e. The normalized spacial score (nSPS) is 20.4. The van der Waals surface area contributed by atoms with E-state index in [4.69, 9.17) is 4.74 Å². The molecule has 0 fully saturated rings. The van der Waals surface area contributed by atoms with E-state index in [1.54, 1.807) is 28.9 Å². The fourth-order valence-corrected chi connectivity index (χ4v) is 6.99. The van der Waals surface area contributed by atoms with Gasteiger partial charge in [0.2, 0.25) is 7.29 Å². The van der Waals surface area contributed by atoms with Crippen LogP contribution in [0.25, 0.3) is 0 Å². The Balaban J connectivity index is 2.00. The predicted molar refractivity (Wildman–Crippen MR) is 108 cm³/mol. The Morgan fingerprint density at radius 1 is 1.00 bits per heavy atom. The molecule has 0 saturated carbocycles. The summed E-state index contributed by atoms with van der Waals surface area (Å²) in [5.74, 6) is -1.44. The number of esters is 1. The second-order valence-corrected chi connectivity index (χ2v) is 9.31. The molecule has 0 N–H and O–H groups in total. The van der Waals surface area contributed by atoms with Gasteiger partial charge in [0.25, 0.3) is 0 Å². The molecule has 4 rings (SSSR count). The standard InChI is InChI=1S/C22H18F2NO3P/c1-28-22(26)14-20-19-13-16(24)9-12-21(19)29(27,18-10-7-15(23)8-11-18)25(20)17-5-3-2-4-6-17/h2-13,20H,14H2,1H3. The molecule has 2 unspecified atom stereocenters. The smallest absolute Gasteiger partial charge is 0.307 e. The molecule has 0 saturated heterocycles. The highest BCUT2D eigenvalue weighted by Crippen LogP contribution is 2.61. The Bertz CT molecular complexity index is 1100. The van der Waals surface area contributed by atoms with Crippen LogP contribution in [-0.2, 0) is 14.1 Å². The summed E-state index contributed by atoms with van der Waals surface area (Å²) < 4.78 is 48.8. The SMILES string of the molecule is COC(=O)CC1c2cc(F)ccc2P(=O)(c2ccc(F)cc2)N1c1ccccc1. The molecule has 1 aliphatic heterocycles. The van der Waals surface area contributed by atoms with E-state index in [9.17, 15) is 18.1 Å². The number of hydrogen-bond acceptors (Lipinski definition) is 3. The number of hydrogen-bond donors (Lipinski definition) is 0. The Labute approximate surface area is 167 Å². The monoisotopic (exact) mass is 413 g/mol. The lowest BCUT2D eigenvalue weighted by molar-refractivity contribution is -0.141. The molecular weight excluding hydrogens is 395 g/mol. The minimum Gasteiger partial charge on any atom is -0.469 e. The highest BCUT2D eigenvalue weighted by molar-refractivity contribution is 7.80. The molecule has 29 heavy (non-hydrogen) atoms. The Morgan fingerprint density at radius 3 is 2.31 bits per heavy atom. The number of carbonyl (C=O) groups excluding carboxylic acids is 1. The number of anilines is 1. The maximum absolute atomic E-state index is 14.6. The molecule has 3 aromatic rings. The number of methoxy groups -OCH3 is 1. The molecule has 1 heterocycles. The number of ether oxygens (including phenoxy) is 1. The molecule has 1 aliphatic rings. The van der Waals surface area contributed by atoms with Crippen LogP contribution in [0.1, 0.15) is 18.0 Å². The van der Waals surface area contributed by atoms with Crippen molar-refractivity contribution in [3.05, 3.63) is 90.0 Å². The highest BCUT2D eigenvalue weighted by Gasteiger charge is 2.49. The second-order valence-electron chi connectivity index (χ2n) is 6.73. The first-order chi connectivity index (χ1) is 13.9. The third-order valence-corrected chi connectivity index (χ3v) is 8.23. The van der Waals surface area contributed by atoms with Gasteiger partial charge in [-0.1, -0.05) is 18.2 Å². The first-order valence-corrected chi connectivity index (χ1v) is 10.7. The second kappa shape index (κ2) is 7.45. The van der Waals surface area contributed by atoms with Gasteiger partial charge in [0.15, 0.2) is 0 Å². The summed E-state index contributed by atoms with van der Waals surface area (Å²) in [6.45, 7) is 0. The highest BCUT2D eigenvalue weighted by atomic mass is 31.2. The lowest BCUT2D eigenvalue weighted by atomic mass is 10.0. The van der Waals surface area contributed by atoms with Crippen molar-refractivity contribution >= 4 is 29.6 Å². The average Bonchev–Trinajstić information content (AvgIpc) is 2.97. The van der Waals surface area contributed by atoms with Gasteiger partial charge in [-0.15, -0.1) is 0 Å². The summed E-state index contributed by atoms with van der Waals surface area (Å²) in [7, 11) is -2.24. The van der Waals surface area contributed by atoms with Crippen molar-refractivity contribution in [2.24, 2.45) is 0 Å². The summed E-state index contributed by atoms with van der Waals surface area (Å²) in [4.78, 5) is 12.1. The number of carbonyl (C=O) groups is 1. The van der Waals surface area contributed by atoms with Crippen molar-refractivity contribution in [2.45, 2.75) is 12.5 Å². The van der Waals surface area contributed by atoms with Crippen LogP contribution in [0.4, 0.5) is 14.5 Å². The minimum absolute atomic E-state index is 0.104. The topological polar surface area (TPSA) is 46.6 Å². The average molecular weight is 413 g/mol. The molecule has 2 atom stereocenters. The maximum atomic E-state index is 14.6. The summed E-state index contributed by atoms with van der Waals surface area (Å²) in [6, 6.07) is 17.8. The van der Waals surface area contributed by atoms with Crippen molar-refractivity contribution in [3.8, 4) is 0 Å². The number of fused-ring (bicyclic) bond motifs is 1. The molecular formula is C22H18F2NO3P.